The van der Waals surface area contributed by atoms with Gasteiger partial charge in [-0.05, 0) is 49.3 Å². The summed E-state index contributed by atoms with van der Waals surface area (Å²) in [5.41, 5.74) is 1.36. The van der Waals surface area contributed by atoms with Crippen LogP contribution in [0.25, 0.3) is 10.9 Å². The number of rotatable bonds is 2. The lowest BCUT2D eigenvalue weighted by Gasteiger charge is -2.48. The fraction of sp³-hybridized carbons (Fsp3) is 0.500. The van der Waals surface area contributed by atoms with Crippen molar-refractivity contribution >= 4 is 22.7 Å². The molecule has 0 bridgehead atoms. The van der Waals surface area contributed by atoms with Crippen LogP contribution in [0.2, 0.25) is 0 Å². The number of nitrogens with zero attached hydrogens (tertiary/aromatic N) is 1. The molecule has 2 aromatic rings. The van der Waals surface area contributed by atoms with E-state index in [1.807, 2.05) is 35.4 Å². The van der Waals surface area contributed by atoms with Gasteiger partial charge in [-0.3, -0.25) is 9.59 Å². The summed E-state index contributed by atoms with van der Waals surface area (Å²) in [6.45, 7) is 3.58. The summed E-state index contributed by atoms with van der Waals surface area (Å²) in [4.78, 5) is 29.5. The van der Waals surface area contributed by atoms with Gasteiger partial charge >= 0.3 is 0 Å². The molecule has 1 aromatic carbocycles. The molecular formula is C20H25N3O3. The first-order valence-corrected chi connectivity index (χ1v) is 9.35. The lowest BCUT2D eigenvalue weighted by Crippen LogP contribution is -2.61. The molecule has 2 saturated heterocycles. The number of aromatic amines is 1. The molecule has 2 N–H and O–H groups in total. The van der Waals surface area contributed by atoms with Crippen molar-refractivity contribution in [3.63, 3.8) is 0 Å². The van der Waals surface area contributed by atoms with Crippen molar-refractivity contribution in [1.82, 2.24) is 15.2 Å². The van der Waals surface area contributed by atoms with E-state index in [-0.39, 0.29) is 23.5 Å². The number of carbonyl (C=O) groups is 2. The molecule has 1 atom stereocenters. The van der Waals surface area contributed by atoms with Gasteiger partial charge in [-0.2, -0.15) is 0 Å². The zero-order valence-corrected chi connectivity index (χ0v) is 15.1. The molecule has 1 spiro atoms. The van der Waals surface area contributed by atoms with E-state index >= 15 is 0 Å². The second-order valence-corrected chi connectivity index (χ2v) is 7.38. The largest absolute Gasteiger partial charge is 0.373 e. The second-order valence-electron chi connectivity index (χ2n) is 7.38. The number of nitrogens with one attached hydrogen (secondary N) is 2. The van der Waals surface area contributed by atoms with Gasteiger partial charge in [-0.1, -0.05) is 6.07 Å². The smallest absolute Gasteiger partial charge is 0.253 e. The van der Waals surface area contributed by atoms with Crippen LogP contribution in [0.15, 0.2) is 30.5 Å². The fourth-order valence-corrected chi connectivity index (χ4v) is 4.32. The Morgan fingerprint density at radius 3 is 2.85 bits per heavy atom. The highest BCUT2D eigenvalue weighted by molar-refractivity contribution is 5.98. The van der Waals surface area contributed by atoms with E-state index in [1.54, 1.807) is 6.92 Å². The third-order valence-corrected chi connectivity index (χ3v) is 5.74. The highest BCUT2D eigenvalue weighted by atomic mass is 16.5. The van der Waals surface area contributed by atoms with E-state index in [1.165, 1.54) is 0 Å². The Morgan fingerprint density at radius 1 is 1.27 bits per heavy atom. The minimum Gasteiger partial charge on any atom is -0.373 e. The van der Waals surface area contributed by atoms with Crippen molar-refractivity contribution in [2.75, 3.05) is 19.7 Å². The fourth-order valence-electron chi connectivity index (χ4n) is 4.32. The predicted molar refractivity (Wildman–Crippen MR) is 99.0 cm³/mol. The Labute approximate surface area is 152 Å². The third-order valence-electron chi connectivity index (χ3n) is 5.74. The third kappa shape index (κ3) is 3.09. The lowest BCUT2D eigenvalue weighted by molar-refractivity contribution is -0.140. The van der Waals surface area contributed by atoms with E-state index in [9.17, 15) is 9.59 Å². The number of amides is 2. The van der Waals surface area contributed by atoms with Crippen LogP contribution < -0.4 is 5.32 Å². The highest BCUT2D eigenvalue weighted by Crippen LogP contribution is 2.35. The van der Waals surface area contributed by atoms with Gasteiger partial charge in [0.15, 0.2) is 0 Å². The van der Waals surface area contributed by atoms with Gasteiger partial charge in [0.2, 0.25) is 5.91 Å². The molecule has 2 aliphatic heterocycles. The van der Waals surface area contributed by atoms with Crippen molar-refractivity contribution in [1.29, 1.82) is 0 Å². The Bertz CT molecular complexity index is 821. The van der Waals surface area contributed by atoms with Crippen molar-refractivity contribution < 1.29 is 14.3 Å². The molecule has 4 rings (SSSR count). The number of fused-ring (bicyclic) bond motifs is 1. The van der Waals surface area contributed by atoms with Crippen LogP contribution in [0.1, 0.15) is 43.0 Å². The maximum absolute atomic E-state index is 12.9. The maximum Gasteiger partial charge on any atom is 0.253 e. The van der Waals surface area contributed by atoms with E-state index in [0.29, 0.717) is 18.7 Å². The van der Waals surface area contributed by atoms with E-state index in [2.05, 4.69) is 10.3 Å². The normalized spacial score (nSPS) is 22.5. The molecule has 2 amide bonds. The number of piperidine rings is 1. The zero-order valence-electron chi connectivity index (χ0n) is 15.1. The van der Waals surface area contributed by atoms with Gasteiger partial charge in [-0.15, -0.1) is 0 Å². The number of aromatic nitrogens is 1. The summed E-state index contributed by atoms with van der Waals surface area (Å²) in [6, 6.07) is 7.82. The van der Waals surface area contributed by atoms with Crippen LogP contribution in [-0.2, 0) is 9.53 Å². The first kappa shape index (κ1) is 17.1. The van der Waals surface area contributed by atoms with Gasteiger partial charge in [-0.25, -0.2) is 0 Å². The number of benzene rings is 1. The molecule has 0 saturated carbocycles. The topological polar surface area (TPSA) is 74.4 Å². The van der Waals surface area contributed by atoms with Crippen LogP contribution in [0.4, 0.5) is 0 Å². The van der Waals surface area contributed by atoms with Gasteiger partial charge in [0.1, 0.15) is 0 Å². The summed E-state index contributed by atoms with van der Waals surface area (Å²) < 4.78 is 6.14. The average Bonchev–Trinajstić information content (AvgIpc) is 3.11. The maximum atomic E-state index is 12.9. The van der Waals surface area contributed by atoms with E-state index in [4.69, 9.17) is 4.74 Å². The summed E-state index contributed by atoms with van der Waals surface area (Å²) in [5, 5.41) is 4.17. The first-order chi connectivity index (χ1) is 12.6. The van der Waals surface area contributed by atoms with Gasteiger partial charge < -0.3 is 19.9 Å². The molecule has 6 heteroatoms. The molecule has 138 valence electrons. The summed E-state index contributed by atoms with van der Waals surface area (Å²) >= 11 is 0. The average molecular weight is 355 g/mol. The SMILES string of the molecule is CC(=O)NC1CCCOC12CCN(C(=O)c1ccc3cc[nH]c3c1)CC2. The number of likely N-dealkylation sites (tertiary alicyclic amines) is 1. The summed E-state index contributed by atoms with van der Waals surface area (Å²) in [5.74, 6) is 0.0425. The van der Waals surface area contributed by atoms with Crippen LogP contribution in [0, 0.1) is 0 Å². The molecule has 6 nitrogen and oxygen atoms in total. The minimum atomic E-state index is -0.329. The molecular weight excluding hydrogens is 330 g/mol. The molecule has 26 heavy (non-hydrogen) atoms. The Kier molecular flexibility index (Phi) is 4.44. The number of hydrogen-bond acceptors (Lipinski definition) is 3. The van der Waals surface area contributed by atoms with Crippen molar-refractivity contribution in [3.8, 4) is 0 Å². The van der Waals surface area contributed by atoms with Crippen LogP contribution >= 0.6 is 0 Å². The Hall–Kier alpha value is -2.34. The molecule has 2 fully saturated rings. The van der Waals surface area contributed by atoms with Gasteiger partial charge in [0, 0.05) is 43.9 Å². The van der Waals surface area contributed by atoms with E-state index < -0.39 is 0 Å². The number of H-pyrrole nitrogens is 1. The summed E-state index contributed by atoms with van der Waals surface area (Å²) in [6.07, 6.45) is 5.30. The van der Waals surface area contributed by atoms with Crippen molar-refractivity contribution in [3.05, 3.63) is 36.0 Å². The van der Waals surface area contributed by atoms with Crippen LogP contribution in [0.3, 0.4) is 0 Å². The van der Waals surface area contributed by atoms with E-state index in [0.717, 1.165) is 43.2 Å². The van der Waals surface area contributed by atoms with Crippen LogP contribution in [-0.4, -0.2) is 53.0 Å². The number of ether oxygens (including phenoxy) is 1. The zero-order chi connectivity index (χ0) is 18.1. The summed E-state index contributed by atoms with van der Waals surface area (Å²) in [7, 11) is 0. The first-order valence-electron chi connectivity index (χ1n) is 9.35. The second kappa shape index (κ2) is 6.76. The van der Waals surface area contributed by atoms with Gasteiger partial charge in [0.25, 0.3) is 5.91 Å². The molecule has 0 aliphatic carbocycles. The monoisotopic (exact) mass is 355 g/mol. The molecule has 0 radical (unpaired) electrons. The van der Waals surface area contributed by atoms with Crippen molar-refractivity contribution in [2.45, 2.75) is 44.2 Å². The Morgan fingerprint density at radius 2 is 2.08 bits per heavy atom. The standard InChI is InChI=1S/C20H25N3O3/c1-14(24)22-18-3-2-12-26-20(18)7-10-23(11-8-20)19(25)16-5-4-15-6-9-21-17(15)13-16/h4-6,9,13,18,21H,2-3,7-8,10-12H2,1H3,(H,22,24). The van der Waals surface area contributed by atoms with Gasteiger partial charge in [0.05, 0.1) is 11.6 Å². The quantitative estimate of drug-likeness (QED) is 0.869. The number of hydrogen-bond donors (Lipinski definition) is 2. The molecule has 1 unspecified atom stereocenters. The highest BCUT2D eigenvalue weighted by Gasteiger charge is 2.45. The number of carbonyl (C=O) groups excluding carboxylic acids is 2. The molecule has 2 aliphatic rings. The molecule has 1 aromatic heterocycles. The van der Waals surface area contributed by atoms with Crippen LogP contribution in [0.5, 0.6) is 0 Å². The van der Waals surface area contributed by atoms with Crippen molar-refractivity contribution in [2.24, 2.45) is 0 Å². The minimum absolute atomic E-state index is 0.0161. The lowest BCUT2D eigenvalue weighted by atomic mass is 9.80. The predicted octanol–water partition coefficient (Wildman–Crippen LogP) is 2.46. The molecule has 3 heterocycles. The Balaban J connectivity index is 1.46.